The molecule has 0 aliphatic heterocycles. The highest BCUT2D eigenvalue weighted by atomic mass is 31.2. The zero-order valence-corrected chi connectivity index (χ0v) is 39.9. The fraction of sp³-hybridized carbons (Fsp3) is 0.898. The Labute approximate surface area is 360 Å². The van der Waals surface area contributed by atoms with Gasteiger partial charge in [-0.25, -0.2) is 0 Å². The zero-order valence-electron chi connectivity index (χ0n) is 39.0. The molecule has 0 aromatic carbocycles. The third-order valence-electron chi connectivity index (χ3n) is 11.2. The molecule has 3 atom stereocenters. The van der Waals surface area contributed by atoms with Gasteiger partial charge in [0.05, 0.1) is 39.9 Å². The van der Waals surface area contributed by atoms with E-state index in [1.807, 2.05) is 27.2 Å². The second-order valence-electron chi connectivity index (χ2n) is 18.2. The second kappa shape index (κ2) is 41.3. The molecular formula is C49H97N2O6P. The van der Waals surface area contributed by atoms with Gasteiger partial charge in [0, 0.05) is 6.42 Å². The number of nitrogens with zero attached hydrogens (tertiary/aromatic N) is 1. The number of aliphatic hydroxyl groups is 1. The number of hydrogen-bond acceptors (Lipinski definition) is 6. The number of allylic oxidation sites excluding steroid dienone is 3. The maximum absolute atomic E-state index is 12.9. The number of hydrogen-bond donors (Lipinski definition) is 2. The Hall–Kier alpha value is -1.02. The number of quaternary nitrogens is 1. The van der Waals surface area contributed by atoms with Crippen molar-refractivity contribution in [1.82, 2.24) is 5.32 Å². The first-order valence-electron chi connectivity index (χ1n) is 24.7. The molecule has 0 fully saturated rings. The largest absolute Gasteiger partial charge is 0.756 e. The van der Waals surface area contributed by atoms with Gasteiger partial charge in [-0.15, -0.1) is 0 Å². The highest BCUT2D eigenvalue weighted by Gasteiger charge is 2.23. The van der Waals surface area contributed by atoms with Gasteiger partial charge < -0.3 is 28.8 Å². The summed E-state index contributed by atoms with van der Waals surface area (Å²) in [6.07, 6.45) is 49.5. The first kappa shape index (κ1) is 57.0. The predicted molar refractivity (Wildman–Crippen MR) is 247 cm³/mol. The summed E-state index contributed by atoms with van der Waals surface area (Å²) in [5.74, 6) is -0.204. The molecule has 0 aliphatic rings. The highest BCUT2D eigenvalue weighted by Crippen LogP contribution is 2.38. The minimum atomic E-state index is -4.59. The molecule has 1 unspecified atom stereocenters. The van der Waals surface area contributed by atoms with Crippen molar-refractivity contribution in [2.24, 2.45) is 0 Å². The van der Waals surface area contributed by atoms with Crippen LogP contribution in [0, 0.1) is 0 Å². The van der Waals surface area contributed by atoms with Crippen LogP contribution in [-0.4, -0.2) is 68.5 Å². The molecular weight excluding hydrogens is 744 g/mol. The van der Waals surface area contributed by atoms with Crippen molar-refractivity contribution in [1.29, 1.82) is 0 Å². The van der Waals surface area contributed by atoms with Crippen LogP contribution in [0.1, 0.15) is 232 Å². The molecule has 1 amide bonds. The van der Waals surface area contributed by atoms with Crippen molar-refractivity contribution >= 4 is 13.7 Å². The summed E-state index contributed by atoms with van der Waals surface area (Å²) in [5.41, 5.74) is 0. The lowest BCUT2D eigenvalue weighted by Crippen LogP contribution is -2.45. The van der Waals surface area contributed by atoms with Gasteiger partial charge in [-0.05, 0) is 32.1 Å². The Bertz CT molecular complexity index is 1000. The van der Waals surface area contributed by atoms with Crippen LogP contribution in [0.5, 0.6) is 0 Å². The van der Waals surface area contributed by atoms with Gasteiger partial charge in [0.1, 0.15) is 13.2 Å². The van der Waals surface area contributed by atoms with Gasteiger partial charge in [0.15, 0.2) is 0 Å². The van der Waals surface area contributed by atoms with Crippen molar-refractivity contribution in [2.45, 2.75) is 244 Å². The van der Waals surface area contributed by atoms with E-state index in [4.69, 9.17) is 9.05 Å². The number of phosphoric ester groups is 1. The molecule has 0 radical (unpaired) electrons. The lowest BCUT2D eigenvalue weighted by atomic mass is 10.0. The molecule has 0 saturated heterocycles. The van der Waals surface area contributed by atoms with Crippen molar-refractivity contribution in [3.05, 3.63) is 24.3 Å². The van der Waals surface area contributed by atoms with E-state index in [1.54, 1.807) is 6.08 Å². The fourth-order valence-corrected chi connectivity index (χ4v) is 7.95. The molecule has 0 saturated carbocycles. The molecule has 0 aliphatic carbocycles. The Morgan fingerprint density at radius 2 is 0.966 bits per heavy atom. The van der Waals surface area contributed by atoms with Gasteiger partial charge in [-0.1, -0.05) is 218 Å². The normalized spacial score (nSPS) is 14.4. The third-order valence-corrected chi connectivity index (χ3v) is 12.1. The number of rotatable bonds is 45. The summed E-state index contributed by atoms with van der Waals surface area (Å²) in [6.45, 7) is 4.64. The number of nitrogens with one attached hydrogen (secondary N) is 1. The Balaban J connectivity index is 4.31. The molecule has 0 aromatic rings. The summed E-state index contributed by atoms with van der Waals surface area (Å²) >= 11 is 0. The lowest BCUT2D eigenvalue weighted by molar-refractivity contribution is -0.870. The Morgan fingerprint density at radius 1 is 0.586 bits per heavy atom. The number of phosphoric acid groups is 1. The molecule has 2 N–H and O–H groups in total. The van der Waals surface area contributed by atoms with Gasteiger partial charge in [-0.2, -0.15) is 0 Å². The van der Waals surface area contributed by atoms with E-state index in [0.717, 1.165) is 38.5 Å². The van der Waals surface area contributed by atoms with Gasteiger partial charge >= 0.3 is 0 Å². The van der Waals surface area contributed by atoms with E-state index in [2.05, 4.69) is 31.3 Å². The van der Waals surface area contributed by atoms with Crippen molar-refractivity contribution in [3.8, 4) is 0 Å². The van der Waals surface area contributed by atoms with Crippen molar-refractivity contribution in [2.75, 3.05) is 40.9 Å². The summed E-state index contributed by atoms with van der Waals surface area (Å²) in [4.78, 5) is 25.4. The Kier molecular flexibility index (Phi) is 40.6. The molecule has 344 valence electrons. The quantitative estimate of drug-likeness (QED) is 0.0274. The molecule has 9 heteroatoms. The van der Waals surface area contributed by atoms with Gasteiger partial charge in [-0.3, -0.25) is 9.36 Å². The molecule has 58 heavy (non-hydrogen) atoms. The van der Waals surface area contributed by atoms with Crippen LogP contribution in [0.2, 0.25) is 0 Å². The van der Waals surface area contributed by atoms with Crippen molar-refractivity contribution < 1.29 is 32.9 Å². The SMILES string of the molecule is CCCCCCCCCCC/C=C/CC/C=C/[C@@H](O)[C@H](COP(=O)([O-])OCC[N+](C)(C)C)NC(=O)CCCCCCCCCCCCCCCCCCCCCCC. The summed E-state index contributed by atoms with van der Waals surface area (Å²) in [7, 11) is 1.25. The monoisotopic (exact) mass is 841 g/mol. The van der Waals surface area contributed by atoms with E-state index >= 15 is 0 Å². The molecule has 0 spiro atoms. The molecule has 8 nitrogen and oxygen atoms in total. The second-order valence-corrected chi connectivity index (χ2v) is 19.6. The van der Waals surface area contributed by atoms with E-state index in [-0.39, 0.29) is 19.1 Å². The van der Waals surface area contributed by atoms with E-state index < -0.39 is 20.0 Å². The van der Waals surface area contributed by atoms with E-state index in [9.17, 15) is 19.4 Å². The molecule has 0 bridgehead atoms. The minimum absolute atomic E-state index is 0.00409. The molecule has 0 heterocycles. The molecule has 0 rings (SSSR count). The van der Waals surface area contributed by atoms with Crippen LogP contribution >= 0.6 is 7.82 Å². The number of aliphatic hydroxyl groups excluding tert-OH is 1. The number of unbranched alkanes of at least 4 members (excludes halogenated alkanes) is 30. The maximum Gasteiger partial charge on any atom is 0.268 e. The average molecular weight is 841 g/mol. The topological polar surface area (TPSA) is 108 Å². The van der Waals surface area contributed by atoms with Crippen molar-refractivity contribution in [3.63, 3.8) is 0 Å². The van der Waals surface area contributed by atoms with E-state index in [0.29, 0.717) is 17.4 Å². The number of likely N-dealkylation sites (N-methyl/N-ethyl adjacent to an activating group) is 1. The zero-order chi connectivity index (χ0) is 42.8. The van der Waals surface area contributed by atoms with Crippen LogP contribution in [-0.2, 0) is 18.4 Å². The Morgan fingerprint density at radius 3 is 1.40 bits per heavy atom. The van der Waals surface area contributed by atoms with Crippen LogP contribution in [0.3, 0.4) is 0 Å². The summed E-state index contributed by atoms with van der Waals surface area (Å²) < 4.78 is 23.2. The fourth-order valence-electron chi connectivity index (χ4n) is 7.23. The number of amides is 1. The van der Waals surface area contributed by atoms with Crippen LogP contribution < -0.4 is 10.2 Å². The maximum atomic E-state index is 12.9. The predicted octanol–water partition coefficient (Wildman–Crippen LogP) is 13.5. The average Bonchev–Trinajstić information content (AvgIpc) is 3.17. The molecule has 0 aromatic heterocycles. The third kappa shape index (κ3) is 43.1. The van der Waals surface area contributed by atoms with Gasteiger partial charge in [0.2, 0.25) is 5.91 Å². The first-order valence-corrected chi connectivity index (χ1v) is 26.2. The van der Waals surface area contributed by atoms with Gasteiger partial charge in [0.25, 0.3) is 7.82 Å². The van der Waals surface area contributed by atoms with Crippen LogP contribution in [0.25, 0.3) is 0 Å². The number of carbonyl (C=O) groups is 1. The van der Waals surface area contributed by atoms with Crippen LogP contribution in [0.15, 0.2) is 24.3 Å². The smallest absolute Gasteiger partial charge is 0.268 e. The number of carbonyl (C=O) groups excluding carboxylic acids is 1. The van der Waals surface area contributed by atoms with Crippen LogP contribution in [0.4, 0.5) is 0 Å². The standard InChI is InChI=1S/C49H97N2O6P/c1-6-8-10-12-14-16-18-20-22-23-24-25-26-27-29-31-33-35-37-39-41-43-49(53)50-47(46-57-58(54,55)56-45-44-51(3,4)5)48(52)42-40-38-36-34-32-30-28-21-19-17-15-13-11-9-7-2/h32,34,40,42,47-48,52H,6-31,33,35-39,41,43-46H2,1-5H3,(H-,50,53,54,55)/b34-32+,42-40+/t47-,48+/m0/s1. The minimum Gasteiger partial charge on any atom is -0.756 e. The summed E-state index contributed by atoms with van der Waals surface area (Å²) in [6, 6.07) is -0.898. The lowest BCUT2D eigenvalue weighted by Gasteiger charge is -2.29. The first-order chi connectivity index (χ1) is 28.0. The summed E-state index contributed by atoms with van der Waals surface area (Å²) in [5, 5.41) is 13.8. The van der Waals surface area contributed by atoms with E-state index in [1.165, 1.54) is 173 Å². The highest BCUT2D eigenvalue weighted by molar-refractivity contribution is 7.45.